The Bertz CT molecular complexity index is 525. The van der Waals surface area contributed by atoms with E-state index in [1.54, 1.807) is 0 Å². The standard InChI is InChI=1S/C19H28N2O2/c1-3-4-8-15-10-12-16(13-11-15)20-18(22)19(23)21-17-9-6-5-7-14(17)2/h10-14,17H,3-9H2,1-2H3,(H,20,22)(H,21,23). The van der Waals surface area contributed by atoms with Gasteiger partial charge in [0.1, 0.15) is 0 Å². The third-order valence-electron chi connectivity index (χ3n) is 4.67. The van der Waals surface area contributed by atoms with Gasteiger partial charge in [-0.15, -0.1) is 0 Å². The van der Waals surface area contributed by atoms with Gasteiger partial charge < -0.3 is 10.6 Å². The average molecular weight is 316 g/mol. The summed E-state index contributed by atoms with van der Waals surface area (Å²) in [6, 6.07) is 7.86. The van der Waals surface area contributed by atoms with E-state index >= 15 is 0 Å². The minimum absolute atomic E-state index is 0.124. The van der Waals surface area contributed by atoms with Crippen molar-refractivity contribution in [3.05, 3.63) is 29.8 Å². The van der Waals surface area contributed by atoms with Crippen molar-refractivity contribution in [2.24, 2.45) is 5.92 Å². The van der Waals surface area contributed by atoms with Gasteiger partial charge in [0, 0.05) is 11.7 Å². The molecule has 4 nitrogen and oxygen atoms in total. The van der Waals surface area contributed by atoms with Crippen molar-refractivity contribution in [2.45, 2.75) is 64.8 Å². The van der Waals surface area contributed by atoms with Gasteiger partial charge in [-0.3, -0.25) is 9.59 Å². The highest BCUT2D eigenvalue weighted by Crippen LogP contribution is 2.23. The van der Waals surface area contributed by atoms with Crippen LogP contribution in [-0.4, -0.2) is 17.9 Å². The number of hydrogen-bond donors (Lipinski definition) is 2. The van der Waals surface area contributed by atoms with E-state index in [2.05, 4.69) is 24.5 Å². The molecule has 0 aromatic heterocycles. The van der Waals surface area contributed by atoms with Crippen molar-refractivity contribution in [2.75, 3.05) is 5.32 Å². The van der Waals surface area contributed by atoms with E-state index in [1.165, 1.54) is 12.0 Å². The molecule has 1 aromatic carbocycles. The van der Waals surface area contributed by atoms with Crippen molar-refractivity contribution in [1.29, 1.82) is 0 Å². The first-order valence-electron chi connectivity index (χ1n) is 8.81. The molecule has 2 N–H and O–H groups in total. The zero-order chi connectivity index (χ0) is 16.7. The molecule has 23 heavy (non-hydrogen) atoms. The lowest BCUT2D eigenvalue weighted by Gasteiger charge is -2.29. The molecule has 2 rings (SSSR count). The van der Waals surface area contributed by atoms with Gasteiger partial charge in [-0.1, -0.05) is 45.2 Å². The Kier molecular flexibility index (Phi) is 6.63. The predicted molar refractivity (Wildman–Crippen MR) is 93.2 cm³/mol. The first kappa shape index (κ1) is 17.5. The minimum Gasteiger partial charge on any atom is -0.345 e. The van der Waals surface area contributed by atoms with E-state index in [4.69, 9.17) is 0 Å². The Morgan fingerprint density at radius 1 is 1.09 bits per heavy atom. The molecule has 0 spiro atoms. The molecule has 0 heterocycles. The van der Waals surface area contributed by atoms with Gasteiger partial charge in [0.25, 0.3) is 0 Å². The van der Waals surface area contributed by atoms with Crippen molar-refractivity contribution in [1.82, 2.24) is 5.32 Å². The Morgan fingerprint density at radius 3 is 2.43 bits per heavy atom. The first-order valence-corrected chi connectivity index (χ1v) is 8.81. The molecule has 0 aliphatic heterocycles. The van der Waals surface area contributed by atoms with Crippen LogP contribution in [0.1, 0.15) is 57.9 Å². The summed E-state index contributed by atoms with van der Waals surface area (Å²) in [7, 11) is 0. The van der Waals surface area contributed by atoms with E-state index in [-0.39, 0.29) is 6.04 Å². The number of nitrogens with one attached hydrogen (secondary N) is 2. The summed E-state index contributed by atoms with van der Waals surface area (Å²) >= 11 is 0. The number of carbonyl (C=O) groups excluding carboxylic acids is 2. The third-order valence-corrected chi connectivity index (χ3v) is 4.67. The van der Waals surface area contributed by atoms with Crippen LogP contribution in [-0.2, 0) is 16.0 Å². The number of amides is 2. The lowest BCUT2D eigenvalue weighted by atomic mass is 9.86. The Balaban J connectivity index is 1.84. The normalized spacial score (nSPS) is 20.8. The third kappa shape index (κ3) is 5.38. The lowest BCUT2D eigenvalue weighted by molar-refractivity contribution is -0.137. The monoisotopic (exact) mass is 316 g/mol. The van der Waals surface area contributed by atoms with Gasteiger partial charge >= 0.3 is 11.8 Å². The highest BCUT2D eigenvalue weighted by atomic mass is 16.2. The van der Waals surface area contributed by atoms with E-state index in [0.717, 1.165) is 38.5 Å². The van der Waals surface area contributed by atoms with Crippen molar-refractivity contribution < 1.29 is 9.59 Å². The Morgan fingerprint density at radius 2 is 1.78 bits per heavy atom. The van der Waals surface area contributed by atoms with Crippen LogP contribution in [0, 0.1) is 5.92 Å². The molecule has 1 saturated carbocycles. The molecule has 2 unspecified atom stereocenters. The first-order chi connectivity index (χ1) is 11.1. The van der Waals surface area contributed by atoms with E-state index in [0.29, 0.717) is 11.6 Å². The largest absolute Gasteiger partial charge is 0.345 e. The molecule has 1 fully saturated rings. The molecule has 126 valence electrons. The summed E-state index contributed by atoms with van der Waals surface area (Å²) in [5.74, 6) is -0.666. The van der Waals surface area contributed by atoms with Crippen LogP contribution in [0.25, 0.3) is 0 Å². The van der Waals surface area contributed by atoms with Gasteiger partial charge in [-0.05, 0) is 49.3 Å². The quantitative estimate of drug-likeness (QED) is 0.814. The van der Waals surface area contributed by atoms with Crippen LogP contribution in [0.4, 0.5) is 5.69 Å². The minimum atomic E-state index is -0.580. The van der Waals surface area contributed by atoms with Crippen molar-refractivity contribution in [3.8, 4) is 0 Å². The fourth-order valence-electron chi connectivity index (χ4n) is 3.09. The fraction of sp³-hybridized carbons (Fsp3) is 0.579. The second kappa shape index (κ2) is 8.70. The second-order valence-corrected chi connectivity index (χ2v) is 6.60. The molecular formula is C19H28N2O2. The summed E-state index contributed by atoms with van der Waals surface area (Å²) in [6.07, 6.45) is 7.79. The average Bonchev–Trinajstić information content (AvgIpc) is 2.56. The topological polar surface area (TPSA) is 58.2 Å². The summed E-state index contributed by atoms with van der Waals surface area (Å²) < 4.78 is 0. The van der Waals surface area contributed by atoms with Crippen LogP contribution >= 0.6 is 0 Å². The van der Waals surface area contributed by atoms with Crippen LogP contribution in [0.2, 0.25) is 0 Å². The number of aryl methyl sites for hydroxylation is 1. The van der Waals surface area contributed by atoms with Gasteiger partial charge in [-0.2, -0.15) is 0 Å². The molecule has 2 atom stereocenters. The van der Waals surface area contributed by atoms with Gasteiger partial charge in [-0.25, -0.2) is 0 Å². The highest BCUT2D eigenvalue weighted by molar-refractivity contribution is 6.39. The number of hydrogen-bond acceptors (Lipinski definition) is 2. The maximum Gasteiger partial charge on any atom is 0.313 e. The molecule has 1 aliphatic rings. The second-order valence-electron chi connectivity index (χ2n) is 6.60. The van der Waals surface area contributed by atoms with Crippen molar-refractivity contribution >= 4 is 17.5 Å². The molecule has 2 amide bonds. The van der Waals surface area contributed by atoms with Crippen LogP contribution in [0.15, 0.2) is 24.3 Å². The van der Waals surface area contributed by atoms with Gasteiger partial charge in [0.15, 0.2) is 0 Å². The molecule has 1 aliphatic carbocycles. The number of anilines is 1. The summed E-state index contributed by atoms with van der Waals surface area (Å²) in [6.45, 7) is 4.30. The number of benzene rings is 1. The number of rotatable bonds is 5. The molecule has 0 saturated heterocycles. The van der Waals surface area contributed by atoms with E-state index in [1.807, 2.05) is 24.3 Å². The summed E-state index contributed by atoms with van der Waals surface area (Å²) in [5, 5.41) is 5.56. The molecule has 1 aromatic rings. The van der Waals surface area contributed by atoms with Crippen LogP contribution < -0.4 is 10.6 Å². The highest BCUT2D eigenvalue weighted by Gasteiger charge is 2.25. The van der Waals surface area contributed by atoms with Crippen molar-refractivity contribution in [3.63, 3.8) is 0 Å². The molecule has 0 radical (unpaired) electrons. The molecular weight excluding hydrogens is 288 g/mol. The van der Waals surface area contributed by atoms with E-state index < -0.39 is 11.8 Å². The molecule has 4 heteroatoms. The molecule has 0 bridgehead atoms. The van der Waals surface area contributed by atoms with Gasteiger partial charge in [0.2, 0.25) is 0 Å². The smallest absolute Gasteiger partial charge is 0.313 e. The SMILES string of the molecule is CCCCc1ccc(NC(=O)C(=O)NC2CCCCC2C)cc1. The number of unbranched alkanes of at least 4 members (excludes halogenated alkanes) is 1. The van der Waals surface area contributed by atoms with Crippen LogP contribution in [0.5, 0.6) is 0 Å². The maximum absolute atomic E-state index is 12.0. The Labute approximate surface area is 139 Å². The van der Waals surface area contributed by atoms with Crippen LogP contribution in [0.3, 0.4) is 0 Å². The zero-order valence-corrected chi connectivity index (χ0v) is 14.2. The number of carbonyl (C=O) groups is 2. The predicted octanol–water partition coefficient (Wildman–Crippen LogP) is 3.66. The summed E-state index contributed by atoms with van der Waals surface area (Å²) in [5.41, 5.74) is 1.92. The van der Waals surface area contributed by atoms with E-state index in [9.17, 15) is 9.59 Å². The fourth-order valence-corrected chi connectivity index (χ4v) is 3.09. The summed E-state index contributed by atoms with van der Waals surface area (Å²) in [4.78, 5) is 24.1. The van der Waals surface area contributed by atoms with Gasteiger partial charge in [0.05, 0.1) is 0 Å². The Hall–Kier alpha value is -1.84. The zero-order valence-electron chi connectivity index (χ0n) is 14.2. The lowest BCUT2D eigenvalue weighted by Crippen LogP contribution is -2.45. The maximum atomic E-state index is 12.0.